The number of hydrogen-bond acceptors (Lipinski definition) is 2. The lowest BCUT2D eigenvalue weighted by Gasteiger charge is -2.40. The van der Waals surface area contributed by atoms with Crippen LogP contribution in [0.3, 0.4) is 0 Å². The van der Waals surface area contributed by atoms with Gasteiger partial charge in [-0.25, -0.2) is 4.39 Å². The van der Waals surface area contributed by atoms with Crippen LogP contribution in [0.2, 0.25) is 0 Å². The van der Waals surface area contributed by atoms with Gasteiger partial charge in [0.1, 0.15) is 5.82 Å². The minimum absolute atomic E-state index is 0.219. The molecule has 0 heterocycles. The first-order chi connectivity index (χ1) is 8.56. The predicted molar refractivity (Wildman–Crippen MR) is 70.0 cm³/mol. The van der Waals surface area contributed by atoms with Crippen molar-refractivity contribution in [2.75, 3.05) is 13.7 Å². The van der Waals surface area contributed by atoms with Gasteiger partial charge in [0, 0.05) is 19.2 Å². The van der Waals surface area contributed by atoms with Crippen LogP contribution in [0.5, 0.6) is 0 Å². The number of carbonyl (C=O) groups excluding carboxylic acids is 1. The second-order valence-corrected chi connectivity index (χ2v) is 5.41. The Morgan fingerprint density at radius 2 is 2.28 bits per heavy atom. The molecule has 18 heavy (non-hydrogen) atoms. The molecule has 0 aliphatic heterocycles. The summed E-state index contributed by atoms with van der Waals surface area (Å²) in [7, 11) is 1.66. The van der Waals surface area contributed by atoms with E-state index in [9.17, 15) is 9.18 Å². The Balaban J connectivity index is 1.97. The maximum Gasteiger partial charge on any atom is 0.251 e. The van der Waals surface area contributed by atoms with Crippen LogP contribution in [0.4, 0.5) is 4.39 Å². The minimum atomic E-state index is -0.437. The third-order valence-electron chi connectivity index (χ3n) is 3.45. The third kappa shape index (κ3) is 2.72. The van der Waals surface area contributed by atoms with Gasteiger partial charge in [-0.05, 0) is 53.4 Å². The number of halogens is 2. The summed E-state index contributed by atoms with van der Waals surface area (Å²) in [6.45, 7) is 0.472. The van der Waals surface area contributed by atoms with E-state index in [4.69, 9.17) is 4.74 Å². The summed E-state index contributed by atoms with van der Waals surface area (Å²) >= 11 is 3.05. The Labute approximate surface area is 114 Å². The molecule has 1 aliphatic rings. The Bertz CT molecular complexity index is 455. The molecule has 0 unspecified atom stereocenters. The molecule has 1 N–H and O–H groups in total. The van der Waals surface area contributed by atoms with Crippen LogP contribution in [-0.4, -0.2) is 25.2 Å². The van der Waals surface area contributed by atoms with Gasteiger partial charge in [-0.3, -0.25) is 4.79 Å². The molecule has 0 saturated heterocycles. The summed E-state index contributed by atoms with van der Waals surface area (Å²) in [5.41, 5.74) is 0.102. The summed E-state index contributed by atoms with van der Waals surface area (Å²) in [5, 5.41) is 2.79. The first kappa shape index (κ1) is 13.5. The van der Waals surface area contributed by atoms with Crippen LogP contribution < -0.4 is 5.32 Å². The quantitative estimate of drug-likeness (QED) is 0.927. The van der Waals surface area contributed by atoms with E-state index in [1.165, 1.54) is 12.1 Å². The lowest BCUT2D eigenvalue weighted by molar-refractivity contribution is -0.0679. The molecule has 1 aromatic carbocycles. The lowest BCUT2D eigenvalue weighted by atomic mass is 9.80. The van der Waals surface area contributed by atoms with E-state index < -0.39 is 5.82 Å². The number of rotatable bonds is 4. The van der Waals surface area contributed by atoms with Crippen LogP contribution in [0.15, 0.2) is 22.7 Å². The molecule has 1 aromatic rings. The van der Waals surface area contributed by atoms with Gasteiger partial charge in [0.25, 0.3) is 5.91 Å². The molecule has 1 saturated carbocycles. The van der Waals surface area contributed by atoms with E-state index in [2.05, 4.69) is 21.2 Å². The van der Waals surface area contributed by atoms with Crippen molar-refractivity contribution >= 4 is 21.8 Å². The van der Waals surface area contributed by atoms with Crippen LogP contribution in [0.25, 0.3) is 0 Å². The average molecular weight is 316 g/mol. The SMILES string of the molecule is COC1(CNC(=O)c2ccc(Br)c(F)c2)CCC1. The van der Waals surface area contributed by atoms with Crippen molar-refractivity contribution in [2.24, 2.45) is 0 Å². The van der Waals surface area contributed by atoms with Gasteiger partial charge < -0.3 is 10.1 Å². The number of methoxy groups -OCH3 is 1. The maximum absolute atomic E-state index is 13.3. The van der Waals surface area contributed by atoms with E-state index in [-0.39, 0.29) is 11.5 Å². The molecule has 1 aliphatic carbocycles. The number of benzene rings is 1. The molecular formula is C13H15BrFNO2. The smallest absolute Gasteiger partial charge is 0.251 e. The average Bonchev–Trinajstić information content (AvgIpc) is 2.31. The number of amides is 1. The van der Waals surface area contributed by atoms with Crippen LogP contribution in [-0.2, 0) is 4.74 Å². The summed E-state index contributed by atoms with van der Waals surface area (Å²) in [6, 6.07) is 4.34. The van der Waals surface area contributed by atoms with Crippen molar-refractivity contribution in [3.8, 4) is 0 Å². The molecule has 5 heteroatoms. The van der Waals surface area contributed by atoms with Crippen molar-refractivity contribution < 1.29 is 13.9 Å². The molecule has 0 aromatic heterocycles. The van der Waals surface area contributed by atoms with E-state index >= 15 is 0 Å². The van der Waals surface area contributed by atoms with E-state index in [0.29, 0.717) is 16.6 Å². The topological polar surface area (TPSA) is 38.3 Å². The summed E-state index contributed by atoms with van der Waals surface area (Å²) in [4.78, 5) is 11.9. The molecular weight excluding hydrogens is 301 g/mol. The monoisotopic (exact) mass is 315 g/mol. The highest BCUT2D eigenvalue weighted by molar-refractivity contribution is 9.10. The zero-order valence-corrected chi connectivity index (χ0v) is 11.7. The first-order valence-electron chi connectivity index (χ1n) is 5.85. The highest BCUT2D eigenvalue weighted by Gasteiger charge is 2.37. The van der Waals surface area contributed by atoms with Crippen molar-refractivity contribution in [1.29, 1.82) is 0 Å². The standard InChI is InChI=1S/C13H15BrFNO2/c1-18-13(5-2-6-13)8-16-12(17)9-3-4-10(14)11(15)7-9/h3-4,7H,2,5-6,8H2,1H3,(H,16,17). The molecule has 0 radical (unpaired) electrons. The largest absolute Gasteiger partial charge is 0.376 e. The van der Waals surface area contributed by atoms with Crippen LogP contribution in [0.1, 0.15) is 29.6 Å². The van der Waals surface area contributed by atoms with Crippen molar-refractivity contribution in [2.45, 2.75) is 24.9 Å². The van der Waals surface area contributed by atoms with Gasteiger partial charge in [0.05, 0.1) is 10.1 Å². The molecule has 3 nitrogen and oxygen atoms in total. The highest BCUT2D eigenvalue weighted by atomic mass is 79.9. The van der Waals surface area contributed by atoms with Gasteiger partial charge >= 0.3 is 0 Å². The van der Waals surface area contributed by atoms with E-state index in [1.807, 2.05) is 0 Å². The Morgan fingerprint density at radius 1 is 1.56 bits per heavy atom. The Hall–Kier alpha value is -0.940. The molecule has 1 amide bonds. The van der Waals surface area contributed by atoms with Gasteiger partial charge in [0.15, 0.2) is 0 Å². The van der Waals surface area contributed by atoms with Gasteiger partial charge in [-0.15, -0.1) is 0 Å². The summed E-state index contributed by atoms with van der Waals surface area (Å²) in [6.07, 6.45) is 3.04. The lowest BCUT2D eigenvalue weighted by Crippen LogP contribution is -2.49. The molecule has 98 valence electrons. The van der Waals surface area contributed by atoms with E-state index in [0.717, 1.165) is 19.3 Å². The van der Waals surface area contributed by atoms with Gasteiger partial charge in [0.2, 0.25) is 0 Å². The molecule has 0 spiro atoms. The van der Waals surface area contributed by atoms with Gasteiger partial charge in [-0.2, -0.15) is 0 Å². The van der Waals surface area contributed by atoms with Crippen LogP contribution in [0, 0.1) is 5.82 Å². The second-order valence-electron chi connectivity index (χ2n) is 4.55. The normalized spacial score (nSPS) is 17.1. The second kappa shape index (κ2) is 5.36. The molecule has 2 rings (SSSR count). The highest BCUT2D eigenvalue weighted by Crippen LogP contribution is 2.34. The maximum atomic E-state index is 13.3. The number of ether oxygens (including phenoxy) is 1. The van der Waals surface area contributed by atoms with Gasteiger partial charge in [-0.1, -0.05) is 0 Å². The van der Waals surface area contributed by atoms with Crippen molar-refractivity contribution in [1.82, 2.24) is 5.32 Å². The van der Waals surface area contributed by atoms with E-state index in [1.54, 1.807) is 13.2 Å². The minimum Gasteiger partial charge on any atom is -0.376 e. The number of nitrogens with one attached hydrogen (secondary N) is 1. The Kier molecular flexibility index (Phi) is 4.02. The Morgan fingerprint density at radius 3 is 2.78 bits per heavy atom. The number of hydrogen-bond donors (Lipinski definition) is 1. The zero-order chi connectivity index (χ0) is 13.2. The predicted octanol–water partition coefficient (Wildman–Crippen LogP) is 2.89. The summed E-state index contributed by atoms with van der Waals surface area (Å²) < 4.78 is 19.1. The fourth-order valence-corrected chi connectivity index (χ4v) is 2.25. The van der Waals surface area contributed by atoms with Crippen LogP contribution >= 0.6 is 15.9 Å². The molecule has 1 fully saturated rings. The third-order valence-corrected chi connectivity index (χ3v) is 4.09. The zero-order valence-electron chi connectivity index (χ0n) is 10.1. The number of carbonyl (C=O) groups is 1. The first-order valence-corrected chi connectivity index (χ1v) is 6.64. The fraction of sp³-hybridized carbons (Fsp3) is 0.462. The molecule has 0 atom stereocenters. The molecule has 0 bridgehead atoms. The van der Waals surface area contributed by atoms with Crippen molar-refractivity contribution in [3.05, 3.63) is 34.1 Å². The van der Waals surface area contributed by atoms with Crippen molar-refractivity contribution in [3.63, 3.8) is 0 Å². The fourth-order valence-electron chi connectivity index (χ4n) is 2.00. The summed E-state index contributed by atoms with van der Waals surface area (Å²) in [5.74, 6) is -0.711.